The maximum atomic E-state index is 11.6. The summed E-state index contributed by atoms with van der Waals surface area (Å²) in [4.78, 5) is 11.6. The van der Waals surface area contributed by atoms with Crippen molar-refractivity contribution in [2.45, 2.75) is 33.0 Å². The Bertz CT molecular complexity index is 712. The highest BCUT2D eigenvalue weighted by atomic mass is 16.6. The number of alkyl carbamates (subject to hydrolysis) is 1. The van der Waals surface area contributed by atoms with Crippen LogP contribution in [0.1, 0.15) is 26.3 Å². The molecule has 0 saturated carbocycles. The molecule has 1 amide bonds. The van der Waals surface area contributed by atoms with Gasteiger partial charge >= 0.3 is 6.09 Å². The number of carbonyl (C=O) groups is 1. The molecule has 0 aliphatic rings. The third kappa shape index (κ3) is 9.28. The van der Waals surface area contributed by atoms with Gasteiger partial charge in [0.2, 0.25) is 0 Å². The molecule has 1 N–H and O–H groups in total. The Morgan fingerprint density at radius 3 is 2.25 bits per heavy atom. The lowest BCUT2D eigenvalue weighted by atomic mass is 10.2. The number of hydrogen-bond acceptors (Lipinski definition) is 5. The van der Waals surface area contributed by atoms with Crippen LogP contribution in [0.4, 0.5) is 4.79 Å². The number of rotatable bonds is 10. The molecule has 0 aliphatic carbocycles. The van der Waals surface area contributed by atoms with E-state index in [0.717, 1.165) is 5.56 Å². The minimum absolute atomic E-state index is 0.336. The van der Waals surface area contributed by atoms with E-state index < -0.39 is 11.7 Å². The van der Waals surface area contributed by atoms with Crippen molar-refractivity contribution in [2.75, 3.05) is 26.4 Å². The number of carbonyl (C=O) groups excluding carboxylic acids is 1. The first-order valence-corrected chi connectivity index (χ1v) is 9.36. The third-order valence-corrected chi connectivity index (χ3v) is 3.45. The molecular formula is C22H29NO5. The fourth-order valence-electron chi connectivity index (χ4n) is 2.27. The van der Waals surface area contributed by atoms with Gasteiger partial charge in [-0.15, -0.1) is 0 Å². The van der Waals surface area contributed by atoms with Crippen LogP contribution in [0.15, 0.2) is 54.6 Å². The van der Waals surface area contributed by atoms with Crippen LogP contribution >= 0.6 is 0 Å². The van der Waals surface area contributed by atoms with Crippen LogP contribution in [0.2, 0.25) is 0 Å². The summed E-state index contributed by atoms with van der Waals surface area (Å²) in [7, 11) is 0. The summed E-state index contributed by atoms with van der Waals surface area (Å²) < 4.78 is 22.1. The number of ether oxygens (including phenoxy) is 4. The topological polar surface area (TPSA) is 66.0 Å². The molecule has 2 aromatic carbocycles. The number of nitrogens with one attached hydrogen (secondary N) is 1. The zero-order valence-corrected chi connectivity index (χ0v) is 16.8. The molecule has 0 heterocycles. The third-order valence-electron chi connectivity index (χ3n) is 3.45. The lowest BCUT2D eigenvalue weighted by Crippen LogP contribution is -2.34. The van der Waals surface area contributed by atoms with E-state index in [0.29, 0.717) is 44.5 Å². The van der Waals surface area contributed by atoms with E-state index in [1.165, 1.54) is 0 Å². The summed E-state index contributed by atoms with van der Waals surface area (Å²) in [5, 5.41) is 2.65. The molecule has 0 bridgehead atoms. The molecule has 152 valence electrons. The molecule has 0 atom stereocenters. The first-order valence-electron chi connectivity index (χ1n) is 9.36. The van der Waals surface area contributed by atoms with Crippen molar-refractivity contribution in [3.05, 3.63) is 60.2 Å². The van der Waals surface area contributed by atoms with Gasteiger partial charge in [-0.05, 0) is 38.5 Å². The predicted octanol–water partition coefficient (Wildman–Crippen LogP) is 4.19. The zero-order chi connectivity index (χ0) is 20.2. The smallest absolute Gasteiger partial charge is 0.407 e. The van der Waals surface area contributed by atoms with Crippen LogP contribution < -0.4 is 14.8 Å². The SMILES string of the molecule is CC(C)(C)OC(=O)NCCOc1cccc(OCCOCc2ccccc2)c1. The maximum Gasteiger partial charge on any atom is 0.407 e. The highest BCUT2D eigenvalue weighted by Gasteiger charge is 2.15. The Kier molecular flexibility index (Phi) is 8.62. The average molecular weight is 387 g/mol. The molecule has 0 saturated heterocycles. The van der Waals surface area contributed by atoms with Gasteiger partial charge in [0.05, 0.1) is 19.8 Å². The minimum Gasteiger partial charge on any atom is -0.492 e. The lowest BCUT2D eigenvalue weighted by Gasteiger charge is -2.19. The molecular weight excluding hydrogens is 358 g/mol. The van der Waals surface area contributed by atoms with Gasteiger partial charge in [-0.25, -0.2) is 4.79 Å². The van der Waals surface area contributed by atoms with Crippen molar-refractivity contribution in [2.24, 2.45) is 0 Å². The molecule has 0 spiro atoms. The number of amides is 1. The molecule has 0 aromatic heterocycles. The van der Waals surface area contributed by atoms with E-state index in [9.17, 15) is 4.79 Å². The first kappa shape index (κ1) is 21.6. The van der Waals surface area contributed by atoms with Gasteiger partial charge in [0.25, 0.3) is 0 Å². The molecule has 6 heteroatoms. The monoisotopic (exact) mass is 387 g/mol. The fourth-order valence-corrected chi connectivity index (χ4v) is 2.27. The van der Waals surface area contributed by atoms with Gasteiger partial charge < -0.3 is 24.3 Å². The van der Waals surface area contributed by atoms with Gasteiger partial charge in [-0.1, -0.05) is 36.4 Å². The highest BCUT2D eigenvalue weighted by molar-refractivity contribution is 5.67. The highest BCUT2D eigenvalue weighted by Crippen LogP contribution is 2.19. The largest absolute Gasteiger partial charge is 0.492 e. The van der Waals surface area contributed by atoms with Crippen LogP contribution in [-0.4, -0.2) is 38.1 Å². The standard InChI is InChI=1S/C22H29NO5/c1-22(2,3)28-21(24)23-12-13-26-19-10-7-11-20(16-19)27-15-14-25-17-18-8-5-4-6-9-18/h4-11,16H,12-15,17H2,1-3H3,(H,23,24). The van der Waals surface area contributed by atoms with Crippen LogP contribution in [-0.2, 0) is 16.1 Å². The van der Waals surface area contributed by atoms with Gasteiger partial charge in [0.1, 0.15) is 30.3 Å². The number of benzene rings is 2. The summed E-state index contributed by atoms with van der Waals surface area (Å²) in [6.07, 6.45) is -0.455. The Labute approximate surface area is 166 Å². The normalized spacial score (nSPS) is 11.0. The van der Waals surface area contributed by atoms with E-state index in [1.54, 1.807) is 0 Å². The molecule has 2 rings (SSSR count). The van der Waals surface area contributed by atoms with E-state index in [1.807, 2.05) is 75.4 Å². The van der Waals surface area contributed by atoms with Crippen molar-refractivity contribution in [3.63, 3.8) is 0 Å². The molecule has 0 fully saturated rings. The Hall–Kier alpha value is -2.73. The van der Waals surface area contributed by atoms with Crippen molar-refractivity contribution < 1.29 is 23.7 Å². The second-order valence-electron chi connectivity index (χ2n) is 7.14. The van der Waals surface area contributed by atoms with Gasteiger partial charge in [-0.3, -0.25) is 0 Å². The zero-order valence-electron chi connectivity index (χ0n) is 16.8. The van der Waals surface area contributed by atoms with Gasteiger partial charge in [-0.2, -0.15) is 0 Å². The van der Waals surface area contributed by atoms with Crippen molar-refractivity contribution in [3.8, 4) is 11.5 Å². The van der Waals surface area contributed by atoms with E-state index in [2.05, 4.69) is 5.32 Å². The van der Waals surface area contributed by atoms with Gasteiger partial charge in [0, 0.05) is 6.07 Å². The van der Waals surface area contributed by atoms with E-state index >= 15 is 0 Å². The van der Waals surface area contributed by atoms with Crippen LogP contribution in [0.25, 0.3) is 0 Å². The first-order chi connectivity index (χ1) is 13.4. The van der Waals surface area contributed by atoms with E-state index in [-0.39, 0.29) is 0 Å². The summed E-state index contributed by atoms with van der Waals surface area (Å²) >= 11 is 0. The molecule has 28 heavy (non-hydrogen) atoms. The Balaban J connectivity index is 1.61. The molecule has 0 aliphatic heterocycles. The number of hydrogen-bond donors (Lipinski definition) is 1. The Morgan fingerprint density at radius 1 is 0.893 bits per heavy atom. The van der Waals surface area contributed by atoms with Gasteiger partial charge in [0.15, 0.2) is 0 Å². The average Bonchev–Trinajstić information content (AvgIpc) is 2.65. The maximum absolute atomic E-state index is 11.6. The molecule has 2 aromatic rings. The van der Waals surface area contributed by atoms with Crippen molar-refractivity contribution in [1.82, 2.24) is 5.32 Å². The van der Waals surface area contributed by atoms with Crippen LogP contribution in [0.3, 0.4) is 0 Å². The second kappa shape index (κ2) is 11.2. The van der Waals surface area contributed by atoms with Crippen molar-refractivity contribution >= 4 is 6.09 Å². The molecule has 0 unspecified atom stereocenters. The van der Waals surface area contributed by atoms with Crippen molar-refractivity contribution in [1.29, 1.82) is 0 Å². The van der Waals surface area contributed by atoms with E-state index in [4.69, 9.17) is 18.9 Å². The van der Waals surface area contributed by atoms with Crippen LogP contribution in [0.5, 0.6) is 11.5 Å². The second-order valence-corrected chi connectivity index (χ2v) is 7.14. The minimum atomic E-state index is -0.512. The fraction of sp³-hybridized carbons (Fsp3) is 0.409. The molecule has 6 nitrogen and oxygen atoms in total. The predicted molar refractivity (Wildman–Crippen MR) is 108 cm³/mol. The van der Waals surface area contributed by atoms with Crippen LogP contribution in [0, 0.1) is 0 Å². The summed E-state index contributed by atoms with van der Waals surface area (Å²) in [5.74, 6) is 1.38. The summed E-state index contributed by atoms with van der Waals surface area (Å²) in [6, 6.07) is 17.4. The summed E-state index contributed by atoms with van der Waals surface area (Å²) in [6.45, 7) is 7.67. The Morgan fingerprint density at radius 2 is 1.57 bits per heavy atom. The molecule has 0 radical (unpaired) electrons. The lowest BCUT2D eigenvalue weighted by molar-refractivity contribution is 0.0520. The summed E-state index contributed by atoms with van der Waals surface area (Å²) in [5.41, 5.74) is 0.624. The quantitative estimate of drug-likeness (QED) is 0.620.